The molecule has 0 saturated heterocycles. The molecule has 4 aliphatic rings. The fourth-order valence-corrected chi connectivity index (χ4v) is 6.99. The van der Waals surface area contributed by atoms with Crippen LogP contribution in [0.3, 0.4) is 0 Å². The Labute approximate surface area is 217 Å². The minimum Gasteiger partial charge on any atom is -0.461 e. The summed E-state index contributed by atoms with van der Waals surface area (Å²) in [6.07, 6.45) is 18.6. The fraction of sp³-hybridized carbons (Fsp3) is 0.710. The van der Waals surface area contributed by atoms with Crippen molar-refractivity contribution in [2.24, 2.45) is 11.3 Å². The standard InChI is InChI=1S/C31H46O5/c1-21-24(18-25(32)19-29(21)33)14-13-23-10-9-17-31(3)27(15-16-28(23)31)22(2)35-20-30(34)36-26-11-7-5-4-6-8-12-26/h13-15,22,25-26,28-29,32-33H,1,4-12,16-20H2,2-3H3/b23-13+,24-14-/t22?,25-,28+,29+,31-/m1/s1. The predicted octanol–water partition coefficient (Wildman–Crippen LogP) is 6.11. The summed E-state index contributed by atoms with van der Waals surface area (Å²) in [7, 11) is 0. The van der Waals surface area contributed by atoms with Gasteiger partial charge in [-0.3, -0.25) is 0 Å². The molecule has 0 amide bonds. The van der Waals surface area contributed by atoms with Crippen LogP contribution in [0.5, 0.6) is 0 Å². The molecule has 0 aliphatic heterocycles. The third kappa shape index (κ3) is 6.41. The third-order valence-corrected chi connectivity index (χ3v) is 9.11. The van der Waals surface area contributed by atoms with E-state index in [0.29, 0.717) is 18.8 Å². The minimum atomic E-state index is -0.661. The van der Waals surface area contributed by atoms with Gasteiger partial charge in [0, 0.05) is 6.42 Å². The molecule has 36 heavy (non-hydrogen) atoms. The number of aliphatic hydroxyl groups is 2. The summed E-state index contributed by atoms with van der Waals surface area (Å²) < 4.78 is 11.8. The molecule has 0 bridgehead atoms. The van der Waals surface area contributed by atoms with Crippen LogP contribution in [-0.2, 0) is 14.3 Å². The van der Waals surface area contributed by atoms with Gasteiger partial charge in [0.1, 0.15) is 12.7 Å². The highest BCUT2D eigenvalue weighted by atomic mass is 16.6. The van der Waals surface area contributed by atoms with Crippen molar-refractivity contribution >= 4 is 5.97 Å². The molecule has 0 aromatic heterocycles. The van der Waals surface area contributed by atoms with Crippen LogP contribution in [-0.4, -0.2) is 47.2 Å². The Morgan fingerprint density at radius 1 is 1.17 bits per heavy atom. The average Bonchev–Trinajstić information content (AvgIpc) is 3.18. The van der Waals surface area contributed by atoms with Crippen molar-refractivity contribution in [3.05, 3.63) is 47.1 Å². The van der Waals surface area contributed by atoms with Crippen LogP contribution in [0.1, 0.15) is 97.3 Å². The molecule has 0 spiro atoms. The monoisotopic (exact) mass is 498 g/mol. The van der Waals surface area contributed by atoms with Gasteiger partial charge in [-0.25, -0.2) is 4.79 Å². The molecule has 4 rings (SSSR count). The summed E-state index contributed by atoms with van der Waals surface area (Å²) >= 11 is 0. The van der Waals surface area contributed by atoms with E-state index in [1.54, 1.807) is 0 Å². The summed E-state index contributed by atoms with van der Waals surface area (Å²) in [5, 5.41) is 20.3. The van der Waals surface area contributed by atoms with Crippen LogP contribution >= 0.6 is 0 Å². The van der Waals surface area contributed by atoms with Gasteiger partial charge in [0.15, 0.2) is 0 Å². The Morgan fingerprint density at radius 3 is 2.64 bits per heavy atom. The van der Waals surface area contributed by atoms with Crippen molar-refractivity contribution in [1.82, 2.24) is 0 Å². The second kappa shape index (κ2) is 12.2. The molecule has 0 heterocycles. The zero-order chi connectivity index (χ0) is 25.7. The van der Waals surface area contributed by atoms with E-state index in [9.17, 15) is 15.0 Å². The number of hydrogen-bond acceptors (Lipinski definition) is 5. The summed E-state index contributed by atoms with van der Waals surface area (Å²) in [5.41, 5.74) is 4.42. The fourth-order valence-electron chi connectivity index (χ4n) is 6.99. The highest BCUT2D eigenvalue weighted by Crippen LogP contribution is 2.55. The van der Waals surface area contributed by atoms with Gasteiger partial charge in [0.25, 0.3) is 0 Å². The van der Waals surface area contributed by atoms with Crippen molar-refractivity contribution in [3.8, 4) is 0 Å². The van der Waals surface area contributed by atoms with Crippen LogP contribution in [0.15, 0.2) is 47.1 Å². The number of aliphatic hydroxyl groups excluding tert-OH is 2. The maximum Gasteiger partial charge on any atom is 0.332 e. The van der Waals surface area contributed by atoms with Crippen molar-refractivity contribution in [2.75, 3.05) is 6.61 Å². The average molecular weight is 499 g/mol. The molecule has 5 nitrogen and oxygen atoms in total. The second-order valence-electron chi connectivity index (χ2n) is 11.7. The Kier molecular flexibility index (Phi) is 9.29. The van der Waals surface area contributed by atoms with Crippen molar-refractivity contribution in [2.45, 2.75) is 122 Å². The maximum absolute atomic E-state index is 12.5. The number of carbonyl (C=O) groups is 1. The van der Waals surface area contributed by atoms with Crippen LogP contribution < -0.4 is 0 Å². The quantitative estimate of drug-likeness (QED) is 0.341. The lowest BCUT2D eigenvalue weighted by atomic mass is 9.63. The predicted molar refractivity (Wildman–Crippen MR) is 142 cm³/mol. The van der Waals surface area contributed by atoms with Gasteiger partial charge in [-0.2, -0.15) is 0 Å². The molecular weight excluding hydrogens is 452 g/mol. The van der Waals surface area contributed by atoms with E-state index in [1.165, 1.54) is 30.4 Å². The van der Waals surface area contributed by atoms with Crippen LogP contribution in [0, 0.1) is 11.3 Å². The molecule has 3 fully saturated rings. The largest absolute Gasteiger partial charge is 0.461 e. The number of hydrogen-bond donors (Lipinski definition) is 2. The highest BCUT2D eigenvalue weighted by molar-refractivity contribution is 5.71. The van der Waals surface area contributed by atoms with E-state index in [4.69, 9.17) is 9.47 Å². The number of carbonyl (C=O) groups excluding carboxylic acids is 1. The smallest absolute Gasteiger partial charge is 0.332 e. The van der Waals surface area contributed by atoms with E-state index in [0.717, 1.165) is 62.5 Å². The number of esters is 1. The van der Waals surface area contributed by atoms with E-state index in [1.807, 2.05) is 0 Å². The Balaban J connectivity index is 1.35. The first-order valence-electron chi connectivity index (χ1n) is 14.2. The molecule has 4 aliphatic carbocycles. The highest BCUT2D eigenvalue weighted by Gasteiger charge is 2.46. The zero-order valence-electron chi connectivity index (χ0n) is 22.3. The summed E-state index contributed by atoms with van der Waals surface area (Å²) in [6, 6.07) is 0. The summed E-state index contributed by atoms with van der Waals surface area (Å²) in [6.45, 7) is 8.47. The lowest BCUT2D eigenvalue weighted by molar-refractivity contribution is -0.156. The summed E-state index contributed by atoms with van der Waals surface area (Å²) in [4.78, 5) is 12.5. The van der Waals surface area contributed by atoms with Gasteiger partial charge in [0.05, 0.1) is 18.3 Å². The van der Waals surface area contributed by atoms with E-state index >= 15 is 0 Å². The molecule has 5 atom stereocenters. The van der Waals surface area contributed by atoms with E-state index in [-0.39, 0.29) is 30.2 Å². The first kappa shape index (κ1) is 27.3. The molecule has 5 heteroatoms. The van der Waals surface area contributed by atoms with Gasteiger partial charge in [-0.15, -0.1) is 0 Å². The lowest BCUT2D eigenvalue weighted by Gasteiger charge is -2.42. The lowest BCUT2D eigenvalue weighted by Crippen LogP contribution is -2.35. The van der Waals surface area contributed by atoms with Crippen LogP contribution in [0.25, 0.3) is 0 Å². The van der Waals surface area contributed by atoms with Gasteiger partial charge in [0.2, 0.25) is 0 Å². The number of rotatable bonds is 6. The third-order valence-electron chi connectivity index (χ3n) is 9.11. The Morgan fingerprint density at radius 2 is 1.89 bits per heavy atom. The van der Waals surface area contributed by atoms with Crippen molar-refractivity contribution < 1.29 is 24.5 Å². The van der Waals surface area contributed by atoms with E-state index in [2.05, 4.69) is 38.7 Å². The molecule has 1 unspecified atom stereocenters. The van der Waals surface area contributed by atoms with Gasteiger partial charge in [-0.1, -0.05) is 56.6 Å². The number of fused-ring (bicyclic) bond motifs is 1. The van der Waals surface area contributed by atoms with Gasteiger partial charge >= 0.3 is 5.97 Å². The molecule has 3 saturated carbocycles. The molecule has 0 aromatic rings. The van der Waals surface area contributed by atoms with Crippen LogP contribution in [0.4, 0.5) is 0 Å². The number of ether oxygens (including phenoxy) is 2. The van der Waals surface area contributed by atoms with Gasteiger partial charge < -0.3 is 19.7 Å². The maximum atomic E-state index is 12.5. The molecule has 0 radical (unpaired) electrons. The topological polar surface area (TPSA) is 76.0 Å². The van der Waals surface area contributed by atoms with Gasteiger partial charge in [-0.05, 0) is 92.8 Å². The second-order valence-corrected chi connectivity index (χ2v) is 11.7. The van der Waals surface area contributed by atoms with Crippen molar-refractivity contribution in [3.63, 3.8) is 0 Å². The van der Waals surface area contributed by atoms with Crippen LogP contribution in [0.2, 0.25) is 0 Å². The molecule has 2 N–H and O–H groups in total. The molecular formula is C31H46O5. The normalized spacial score (nSPS) is 35.2. The number of allylic oxidation sites excluding steroid dienone is 4. The minimum absolute atomic E-state index is 0.0112. The Bertz CT molecular complexity index is 891. The first-order chi connectivity index (χ1) is 17.3. The summed E-state index contributed by atoms with van der Waals surface area (Å²) in [5.74, 6) is 0.179. The SMILES string of the molecule is C=C1/C(=C\C=C2/CCC[C@]3(C)C(C(C)OCC(=O)OC4CCCCCCC4)=CC[C@@H]23)C[C@@H](O)C[C@@H]1O. The van der Waals surface area contributed by atoms with Crippen molar-refractivity contribution in [1.29, 1.82) is 0 Å². The molecule has 0 aromatic carbocycles. The molecule has 200 valence electrons. The Hall–Kier alpha value is -1.69. The zero-order valence-corrected chi connectivity index (χ0v) is 22.3. The van der Waals surface area contributed by atoms with E-state index < -0.39 is 12.2 Å². The first-order valence-corrected chi connectivity index (χ1v) is 14.2.